The number of piperazine rings is 1. The lowest BCUT2D eigenvalue weighted by molar-refractivity contribution is -0.138. The van der Waals surface area contributed by atoms with Crippen LogP contribution >= 0.6 is 0 Å². The maximum absolute atomic E-state index is 11.8. The fourth-order valence-corrected chi connectivity index (χ4v) is 2.03. The SMILES string of the molecule is NC(=O)CCCCNC(=O)N1CCN(CC(=O)O)CC1. The number of unbranched alkanes of at least 4 members (excludes halogenated alkanes) is 1. The molecule has 0 atom stereocenters. The van der Waals surface area contributed by atoms with Gasteiger partial charge in [-0.15, -0.1) is 0 Å². The molecule has 0 aromatic heterocycles. The lowest BCUT2D eigenvalue weighted by atomic mass is 10.2. The first kappa shape index (κ1) is 16.2. The summed E-state index contributed by atoms with van der Waals surface area (Å²) in [6.07, 6.45) is 1.72. The summed E-state index contributed by atoms with van der Waals surface area (Å²) >= 11 is 0. The lowest BCUT2D eigenvalue weighted by Crippen LogP contribution is -2.52. The Balaban J connectivity index is 2.13. The van der Waals surface area contributed by atoms with Crippen LogP contribution in [0.2, 0.25) is 0 Å². The van der Waals surface area contributed by atoms with Gasteiger partial charge in [-0.05, 0) is 12.8 Å². The van der Waals surface area contributed by atoms with Gasteiger partial charge < -0.3 is 21.1 Å². The van der Waals surface area contributed by atoms with Crippen molar-refractivity contribution >= 4 is 17.9 Å². The number of nitrogens with one attached hydrogen (secondary N) is 1. The number of rotatable bonds is 7. The smallest absolute Gasteiger partial charge is 0.317 e. The average molecular weight is 286 g/mol. The summed E-state index contributed by atoms with van der Waals surface area (Å²) in [6, 6.07) is -0.140. The van der Waals surface area contributed by atoms with Crippen molar-refractivity contribution in [1.82, 2.24) is 15.1 Å². The van der Waals surface area contributed by atoms with Gasteiger partial charge in [-0.1, -0.05) is 0 Å². The van der Waals surface area contributed by atoms with Crippen LogP contribution < -0.4 is 11.1 Å². The molecule has 0 aliphatic carbocycles. The minimum absolute atomic E-state index is 0.0164. The first-order chi connectivity index (χ1) is 9.49. The second-order valence-electron chi connectivity index (χ2n) is 4.81. The monoisotopic (exact) mass is 286 g/mol. The highest BCUT2D eigenvalue weighted by Gasteiger charge is 2.21. The number of carboxylic acid groups (broad SMARTS) is 1. The zero-order chi connectivity index (χ0) is 15.0. The van der Waals surface area contributed by atoms with E-state index in [1.165, 1.54) is 0 Å². The molecule has 20 heavy (non-hydrogen) atoms. The molecule has 1 aliphatic rings. The molecule has 0 radical (unpaired) electrons. The van der Waals surface area contributed by atoms with Crippen molar-refractivity contribution in [3.05, 3.63) is 0 Å². The standard InChI is InChI=1S/C12H22N4O4/c13-10(17)3-1-2-4-14-12(20)16-7-5-15(6-8-16)9-11(18)19/h1-9H2,(H2,13,17)(H,14,20)(H,18,19). The first-order valence-electron chi connectivity index (χ1n) is 6.74. The van der Waals surface area contributed by atoms with E-state index in [9.17, 15) is 14.4 Å². The molecule has 1 rings (SSSR count). The number of carboxylic acids is 1. The van der Waals surface area contributed by atoms with Gasteiger partial charge >= 0.3 is 12.0 Å². The highest BCUT2D eigenvalue weighted by atomic mass is 16.4. The van der Waals surface area contributed by atoms with Gasteiger partial charge in [-0.3, -0.25) is 14.5 Å². The maximum Gasteiger partial charge on any atom is 0.317 e. The summed E-state index contributed by atoms with van der Waals surface area (Å²) in [4.78, 5) is 36.4. The van der Waals surface area contributed by atoms with Gasteiger partial charge in [-0.25, -0.2) is 4.79 Å². The summed E-state index contributed by atoms with van der Waals surface area (Å²) in [7, 11) is 0. The van der Waals surface area contributed by atoms with Crippen LogP contribution in [0.15, 0.2) is 0 Å². The molecule has 1 saturated heterocycles. The zero-order valence-electron chi connectivity index (χ0n) is 11.5. The Morgan fingerprint density at radius 1 is 1.10 bits per heavy atom. The molecule has 4 N–H and O–H groups in total. The van der Waals surface area contributed by atoms with E-state index in [0.717, 1.165) is 0 Å². The Morgan fingerprint density at radius 3 is 2.30 bits per heavy atom. The van der Waals surface area contributed by atoms with Crippen molar-refractivity contribution in [2.24, 2.45) is 5.73 Å². The Labute approximate surface area is 117 Å². The second-order valence-corrected chi connectivity index (χ2v) is 4.81. The third-order valence-electron chi connectivity index (χ3n) is 3.14. The van der Waals surface area contributed by atoms with Crippen molar-refractivity contribution in [2.75, 3.05) is 39.3 Å². The van der Waals surface area contributed by atoms with Crippen LogP contribution in [-0.4, -0.2) is 72.1 Å². The fraction of sp³-hybridized carbons (Fsp3) is 0.750. The number of aliphatic carboxylic acids is 1. The van der Waals surface area contributed by atoms with Crippen LogP contribution in [0.4, 0.5) is 4.79 Å². The van der Waals surface area contributed by atoms with E-state index in [2.05, 4.69) is 5.32 Å². The van der Waals surface area contributed by atoms with Gasteiger partial charge in [0.15, 0.2) is 0 Å². The third-order valence-corrected chi connectivity index (χ3v) is 3.14. The van der Waals surface area contributed by atoms with Gasteiger partial charge in [0.25, 0.3) is 0 Å². The third kappa shape index (κ3) is 6.37. The Bertz CT molecular complexity index is 353. The average Bonchev–Trinajstić information content (AvgIpc) is 2.38. The second kappa shape index (κ2) is 8.36. The predicted octanol–water partition coefficient (Wildman–Crippen LogP) is -0.946. The van der Waals surface area contributed by atoms with Crippen LogP contribution in [-0.2, 0) is 9.59 Å². The number of hydrogen-bond donors (Lipinski definition) is 3. The molecule has 1 heterocycles. The highest BCUT2D eigenvalue weighted by molar-refractivity contribution is 5.74. The van der Waals surface area contributed by atoms with Gasteiger partial charge in [-0.2, -0.15) is 0 Å². The number of carbonyl (C=O) groups excluding carboxylic acids is 2. The molecule has 3 amide bonds. The number of hydrogen-bond acceptors (Lipinski definition) is 4. The van der Waals surface area contributed by atoms with Crippen LogP contribution in [0.1, 0.15) is 19.3 Å². The highest BCUT2D eigenvalue weighted by Crippen LogP contribution is 2.02. The number of nitrogens with zero attached hydrogens (tertiary/aromatic N) is 2. The van der Waals surface area contributed by atoms with Gasteiger partial charge in [0.05, 0.1) is 6.54 Å². The van der Waals surface area contributed by atoms with E-state index in [1.54, 1.807) is 9.80 Å². The Kier molecular flexibility index (Phi) is 6.78. The summed E-state index contributed by atoms with van der Waals surface area (Å²) in [5.41, 5.74) is 5.02. The minimum atomic E-state index is -0.850. The van der Waals surface area contributed by atoms with E-state index in [0.29, 0.717) is 52.0 Å². The number of urea groups is 1. The molecule has 1 aliphatic heterocycles. The fourth-order valence-electron chi connectivity index (χ4n) is 2.03. The molecule has 0 aromatic carbocycles. The van der Waals surface area contributed by atoms with E-state index in [-0.39, 0.29) is 18.5 Å². The summed E-state index contributed by atoms with van der Waals surface area (Å²) in [6.45, 7) is 2.73. The largest absolute Gasteiger partial charge is 0.480 e. The van der Waals surface area contributed by atoms with Crippen molar-refractivity contribution in [3.63, 3.8) is 0 Å². The minimum Gasteiger partial charge on any atom is -0.480 e. The summed E-state index contributed by atoms with van der Waals surface area (Å²) < 4.78 is 0. The number of primary amides is 1. The van der Waals surface area contributed by atoms with Crippen LogP contribution in [0.5, 0.6) is 0 Å². The van der Waals surface area contributed by atoms with Crippen molar-refractivity contribution in [1.29, 1.82) is 0 Å². The molecule has 0 spiro atoms. The summed E-state index contributed by atoms with van der Waals surface area (Å²) in [5, 5.41) is 11.5. The Hall–Kier alpha value is -1.83. The van der Waals surface area contributed by atoms with Crippen LogP contribution in [0.25, 0.3) is 0 Å². The van der Waals surface area contributed by atoms with Crippen LogP contribution in [0, 0.1) is 0 Å². The first-order valence-corrected chi connectivity index (χ1v) is 6.74. The number of amides is 3. The van der Waals surface area contributed by atoms with Gasteiger partial charge in [0.2, 0.25) is 5.91 Å². The van der Waals surface area contributed by atoms with Gasteiger partial charge in [0, 0.05) is 39.1 Å². The molecule has 0 saturated carbocycles. The van der Waals surface area contributed by atoms with E-state index in [1.807, 2.05) is 0 Å². The predicted molar refractivity (Wildman–Crippen MR) is 72.1 cm³/mol. The van der Waals surface area contributed by atoms with E-state index < -0.39 is 5.97 Å². The van der Waals surface area contributed by atoms with Gasteiger partial charge in [0.1, 0.15) is 0 Å². The molecule has 0 aromatic rings. The zero-order valence-corrected chi connectivity index (χ0v) is 11.5. The number of carbonyl (C=O) groups is 3. The molecular formula is C12H22N4O4. The molecule has 8 heteroatoms. The summed E-state index contributed by atoms with van der Waals surface area (Å²) in [5.74, 6) is -1.18. The Morgan fingerprint density at radius 2 is 1.75 bits per heavy atom. The maximum atomic E-state index is 11.8. The molecule has 0 bridgehead atoms. The quantitative estimate of drug-likeness (QED) is 0.522. The van der Waals surface area contributed by atoms with E-state index in [4.69, 9.17) is 10.8 Å². The topological polar surface area (TPSA) is 116 Å². The molecule has 0 unspecified atom stereocenters. The normalized spacial score (nSPS) is 15.9. The molecular weight excluding hydrogens is 264 g/mol. The van der Waals surface area contributed by atoms with E-state index >= 15 is 0 Å². The lowest BCUT2D eigenvalue weighted by Gasteiger charge is -2.33. The van der Waals surface area contributed by atoms with Crippen molar-refractivity contribution in [3.8, 4) is 0 Å². The number of nitrogens with two attached hydrogens (primary N) is 1. The van der Waals surface area contributed by atoms with Crippen molar-refractivity contribution < 1.29 is 19.5 Å². The van der Waals surface area contributed by atoms with Crippen LogP contribution in [0.3, 0.4) is 0 Å². The molecule has 1 fully saturated rings. The molecule has 114 valence electrons. The molecule has 8 nitrogen and oxygen atoms in total. The van der Waals surface area contributed by atoms with Crippen molar-refractivity contribution in [2.45, 2.75) is 19.3 Å².